The molecule has 1 aromatic rings. The van der Waals surface area contributed by atoms with Gasteiger partial charge in [-0.1, -0.05) is 13.3 Å². The van der Waals surface area contributed by atoms with Gasteiger partial charge in [-0.2, -0.15) is 18.3 Å². The minimum atomic E-state index is -4.69. The van der Waals surface area contributed by atoms with E-state index in [1.807, 2.05) is 6.92 Å². The van der Waals surface area contributed by atoms with Crippen molar-refractivity contribution in [3.8, 4) is 0 Å². The Morgan fingerprint density at radius 1 is 1.53 bits per heavy atom. The number of hydrogen-bond acceptors (Lipinski definition) is 3. The number of H-pyrrole nitrogens is 1. The Balaban J connectivity index is 3.08. The Hall–Kier alpha value is -1.53. The first-order valence-corrected chi connectivity index (χ1v) is 5.27. The molecule has 0 unspecified atom stereocenters. The lowest BCUT2D eigenvalue weighted by Gasteiger charge is -2.17. The Kier molecular flexibility index (Phi) is 4.14. The Morgan fingerprint density at radius 3 is 2.71 bits per heavy atom. The minimum Gasteiger partial charge on any atom is -0.381 e. The summed E-state index contributed by atoms with van der Waals surface area (Å²) in [6.45, 7) is 3.68. The van der Waals surface area contributed by atoms with E-state index in [-0.39, 0.29) is 11.7 Å². The maximum absolute atomic E-state index is 12.7. The third-order valence-electron chi connectivity index (χ3n) is 2.26. The van der Waals surface area contributed by atoms with Crippen LogP contribution >= 0.6 is 0 Å². The van der Waals surface area contributed by atoms with E-state index in [4.69, 9.17) is 0 Å². The topological polar surface area (TPSA) is 57.8 Å². The number of aromatic nitrogens is 2. The predicted octanol–water partition coefficient (Wildman–Crippen LogP) is 2.39. The molecule has 0 aliphatic carbocycles. The van der Waals surface area contributed by atoms with E-state index in [9.17, 15) is 18.0 Å². The van der Waals surface area contributed by atoms with Crippen LogP contribution in [0.2, 0.25) is 0 Å². The molecule has 17 heavy (non-hydrogen) atoms. The van der Waals surface area contributed by atoms with Crippen molar-refractivity contribution in [1.29, 1.82) is 0 Å². The molecule has 7 heteroatoms. The molecule has 0 fully saturated rings. The molecule has 2 N–H and O–H groups in total. The molecule has 0 radical (unpaired) electrons. The van der Waals surface area contributed by atoms with Gasteiger partial charge in [-0.25, -0.2) is 5.10 Å². The molecular formula is C10H14F3N3O. The summed E-state index contributed by atoms with van der Waals surface area (Å²) >= 11 is 0. The zero-order valence-corrected chi connectivity index (χ0v) is 9.56. The molecule has 4 nitrogen and oxygen atoms in total. The second kappa shape index (κ2) is 5.20. The first-order chi connectivity index (χ1) is 7.86. The minimum absolute atomic E-state index is 0.148. The van der Waals surface area contributed by atoms with Crippen LogP contribution in [0.5, 0.6) is 0 Å². The van der Waals surface area contributed by atoms with E-state index in [2.05, 4.69) is 10.4 Å². The molecular weight excluding hydrogens is 235 g/mol. The second-order valence-electron chi connectivity index (χ2n) is 3.82. The summed E-state index contributed by atoms with van der Waals surface area (Å²) in [5, 5.41) is 7.81. The van der Waals surface area contributed by atoms with Gasteiger partial charge < -0.3 is 5.32 Å². The van der Waals surface area contributed by atoms with Gasteiger partial charge in [-0.05, 0) is 13.3 Å². The predicted molar refractivity (Wildman–Crippen MR) is 57.9 cm³/mol. The van der Waals surface area contributed by atoms with Gasteiger partial charge in [0.15, 0.2) is 0 Å². The fourth-order valence-corrected chi connectivity index (χ4v) is 1.56. The van der Waals surface area contributed by atoms with Crippen LogP contribution in [0.3, 0.4) is 0 Å². The SMILES string of the molecule is CCC[C@H](C)Nc1cn[nH]c(=O)c1C(F)(F)F. The van der Waals surface area contributed by atoms with Crippen LogP contribution in [0.4, 0.5) is 18.9 Å². The van der Waals surface area contributed by atoms with Crippen molar-refractivity contribution < 1.29 is 13.2 Å². The summed E-state index contributed by atoms with van der Waals surface area (Å²) in [5.41, 5.74) is -2.73. The molecule has 1 aromatic heterocycles. The van der Waals surface area contributed by atoms with Crippen molar-refractivity contribution in [3.05, 3.63) is 22.1 Å². The van der Waals surface area contributed by atoms with Crippen LogP contribution in [0.25, 0.3) is 0 Å². The van der Waals surface area contributed by atoms with Gasteiger partial charge in [-0.3, -0.25) is 4.79 Å². The van der Waals surface area contributed by atoms with Gasteiger partial charge in [0.05, 0.1) is 11.9 Å². The number of hydrogen-bond donors (Lipinski definition) is 2. The fraction of sp³-hybridized carbons (Fsp3) is 0.600. The average Bonchev–Trinajstić information content (AvgIpc) is 2.15. The summed E-state index contributed by atoms with van der Waals surface area (Å²) in [6, 6.07) is -0.148. The Bertz CT molecular complexity index is 428. The fourth-order valence-electron chi connectivity index (χ4n) is 1.56. The molecule has 96 valence electrons. The summed E-state index contributed by atoms with van der Waals surface area (Å²) in [7, 11) is 0. The molecule has 0 saturated carbocycles. The van der Waals surface area contributed by atoms with Gasteiger partial charge in [0.2, 0.25) is 0 Å². The number of alkyl halides is 3. The van der Waals surface area contributed by atoms with E-state index in [1.54, 1.807) is 12.0 Å². The van der Waals surface area contributed by atoms with Crippen LogP contribution in [-0.4, -0.2) is 16.2 Å². The molecule has 0 aliphatic rings. The lowest BCUT2D eigenvalue weighted by molar-refractivity contribution is -0.138. The number of aromatic amines is 1. The van der Waals surface area contributed by atoms with Gasteiger partial charge in [0.1, 0.15) is 5.56 Å². The summed E-state index contributed by atoms with van der Waals surface area (Å²) < 4.78 is 38.0. The van der Waals surface area contributed by atoms with Crippen molar-refractivity contribution in [3.63, 3.8) is 0 Å². The highest BCUT2D eigenvalue weighted by atomic mass is 19.4. The van der Waals surface area contributed by atoms with Crippen LogP contribution < -0.4 is 10.9 Å². The average molecular weight is 249 g/mol. The third kappa shape index (κ3) is 3.47. The molecule has 0 aliphatic heterocycles. The highest BCUT2D eigenvalue weighted by molar-refractivity contribution is 5.49. The van der Waals surface area contributed by atoms with E-state index in [0.29, 0.717) is 6.42 Å². The molecule has 1 heterocycles. The highest BCUT2D eigenvalue weighted by Crippen LogP contribution is 2.31. The van der Waals surface area contributed by atoms with Gasteiger partial charge >= 0.3 is 6.18 Å². The molecule has 0 spiro atoms. The second-order valence-corrected chi connectivity index (χ2v) is 3.82. The molecule has 1 rings (SSSR count). The molecule has 0 aromatic carbocycles. The normalized spacial score (nSPS) is 13.5. The molecule has 0 bridgehead atoms. The van der Waals surface area contributed by atoms with Gasteiger partial charge in [0, 0.05) is 6.04 Å². The van der Waals surface area contributed by atoms with Crippen molar-refractivity contribution in [2.45, 2.75) is 38.9 Å². The number of halogens is 3. The van der Waals surface area contributed by atoms with Crippen LogP contribution in [0.15, 0.2) is 11.0 Å². The maximum Gasteiger partial charge on any atom is 0.423 e. The van der Waals surface area contributed by atoms with Crippen LogP contribution in [0, 0.1) is 0 Å². The number of rotatable bonds is 4. The van der Waals surface area contributed by atoms with Gasteiger partial charge in [0.25, 0.3) is 5.56 Å². The van der Waals surface area contributed by atoms with Crippen molar-refractivity contribution in [2.24, 2.45) is 0 Å². The third-order valence-corrected chi connectivity index (χ3v) is 2.26. The largest absolute Gasteiger partial charge is 0.423 e. The molecule has 0 amide bonds. The monoisotopic (exact) mass is 249 g/mol. The Morgan fingerprint density at radius 2 is 2.18 bits per heavy atom. The first-order valence-electron chi connectivity index (χ1n) is 5.27. The van der Waals surface area contributed by atoms with Crippen molar-refractivity contribution in [2.75, 3.05) is 5.32 Å². The summed E-state index contributed by atoms with van der Waals surface area (Å²) in [5.74, 6) is 0. The van der Waals surface area contributed by atoms with E-state index < -0.39 is 17.3 Å². The van der Waals surface area contributed by atoms with Crippen LogP contribution in [-0.2, 0) is 6.18 Å². The summed E-state index contributed by atoms with van der Waals surface area (Å²) in [6.07, 6.45) is -2.16. The zero-order chi connectivity index (χ0) is 13.1. The van der Waals surface area contributed by atoms with E-state index in [0.717, 1.165) is 12.6 Å². The van der Waals surface area contributed by atoms with Crippen molar-refractivity contribution >= 4 is 5.69 Å². The lowest BCUT2D eigenvalue weighted by Crippen LogP contribution is -2.27. The van der Waals surface area contributed by atoms with Gasteiger partial charge in [-0.15, -0.1) is 0 Å². The highest BCUT2D eigenvalue weighted by Gasteiger charge is 2.37. The first kappa shape index (κ1) is 13.5. The van der Waals surface area contributed by atoms with Crippen molar-refractivity contribution in [1.82, 2.24) is 10.2 Å². The smallest absolute Gasteiger partial charge is 0.381 e. The Labute approximate surface area is 96.2 Å². The van der Waals surface area contributed by atoms with Crippen LogP contribution in [0.1, 0.15) is 32.3 Å². The number of nitrogens with zero attached hydrogens (tertiary/aromatic N) is 1. The zero-order valence-electron chi connectivity index (χ0n) is 9.56. The number of anilines is 1. The standard InChI is InChI=1S/C10H14F3N3O/c1-3-4-6(2)15-7-5-14-16-9(17)8(7)10(11,12)13/h5-6H,3-4H2,1-2H3,(H2,15,16,17)/t6-/m0/s1. The summed E-state index contributed by atoms with van der Waals surface area (Å²) in [4.78, 5) is 11.1. The molecule has 1 atom stereocenters. The lowest BCUT2D eigenvalue weighted by atomic mass is 10.1. The van der Waals surface area contributed by atoms with E-state index >= 15 is 0 Å². The quantitative estimate of drug-likeness (QED) is 0.861. The van der Waals surface area contributed by atoms with E-state index in [1.165, 1.54) is 0 Å². The maximum atomic E-state index is 12.7. The number of nitrogens with one attached hydrogen (secondary N) is 2. The molecule has 0 saturated heterocycles.